The number of rotatable bonds is 11. The average molecular weight is 922 g/mol. The molecule has 5 atom stereocenters. The van der Waals surface area contributed by atoms with Gasteiger partial charge in [-0.2, -0.15) is 0 Å². The fraction of sp³-hybridized carbons (Fsp3) is 0.611. The Bertz CT molecular complexity index is 1980. The maximum Gasteiger partial charge on any atom is 0.478 e. The number of hydrogen-bond donors (Lipinski definition) is 5. The number of nitrogens with two attached hydrogens (primary N) is 2. The molecule has 0 aromatic heterocycles. The first-order valence-corrected chi connectivity index (χ1v) is 25.6. The van der Waals surface area contributed by atoms with E-state index in [0.717, 1.165) is 73.4 Å². The molecule has 3 heterocycles. The van der Waals surface area contributed by atoms with Crippen molar-refractivity contribution in [2.24, 2.45) is 34.7 Å². The van der Waals surface area contributed by atoms with Crippen molar-refractivity contribution < 1.29 is 23.7 Å². The van der Waals surface area contributed by atoms with Gasteiger partial charge in [0.25, 0.3) is 5.91 Å². The number of hydrogen-bond acceptors (Lipinski definition) is 9. The number of piperidine rings is 1. The van der Waals surface area contributed by atoms with E-state index in [4.69, 9.17) is 20.9 Å². The maximum atomic E-state index is 12.2. The van der Waals surface area contributed by atoms with Crippen molar-refractivity contribution >= 4 is 41.8 Å². The number of carbonyl (C=O) groups excluding carboxylic acids is 3. The molecule has 3 amide bonds. The summed E-state index contributed by atoms with van der Waals surface area (Å²) in [6.07, 6.45) is 21.4. The van der Waals surface area contributed by atoms with E-state index >= 15 is 0 Å². The van der Waals surface area contributed by atoms with Crippen LogP contribution < -0.4 is 27.5 Å². The quantitative estimate of drug-likeness (QED) is 0.0547. The van der Waals surface area contributed by atoms with Crippen LogP contribution in [-0.2, 0) is 18.9 Å². The van der Waals surface area contributed by atoms with Crippen molar-refractivity contribution in [3.05, 3.63) is 90.1 Å². The average Bonchev–Trinajstić information content (AvgIpc) is 3.95. The first-order valence-electron chi connectivity index (χ1n) is 25.6. The number of likely N-dealkylation sites (tertiary alicyclic amines) is 1. The van der Waals surface area contributed by atoms with Gasteiger partial charge in [-0.15, -0.1) is 0 Å². The molecular formula is C54H84BN7O5. The summed E-state index contributed by atoms with van der Waals surface area (Å²) < 4.78 is 12.0. The van der Waals surface area contributed by atoms with Crippen LogP contribution in [0.2, 0.25) is 0 Å². The van der Waals surface area contributed by atoms with Crippen LogP contribution >= 0.6 is 0 Å². The second-order valence-electron chi connectivity index (χ2n) is 20.3. The predicted octanol–water partition coefficient (Wildman–Crippen LogP) is 8.85. The monoisotopic (exact) mass is 922 g/mol. The number of fused-ring (bicyclic) bond motifs is 1. The second kappa shape index (κ2) is 26.9. The van der Waals surface area contributed by atoms with Gasteiger partial charge in [0, 0.05) is 30.9 Å². The van der Waals surface area contributed by atoms with Crippen LogP contribution in [-0.4, -0.2) is 92.2 Å². The summed E-state index contributed by atoms with van der Waals surface area (Å²) in [6.45, 7) is 17.6. The normalized spacial score (nSPS) is 24.9. The fourth-order valence-electron chi connectivity index (χ4n) is 10.6. The second-order valence-corrected chi connectivity index (χ2v) is 20.3. The molecular weight excluding hydrogens is 837 g/mol. The van der Waals surface area contributed by atoms with Gasteiger partial charge in [-0.3, -0.25) is 14.4 Å². The van der Waals surface area contributed by atoms with E-state index in [-0.39, 0.29) is 43.2 Å². The third kappa shape index (κ3) is 15.8. The first-order chi connectivity index (χ1) is 32.3. The van der Waals surface area contributed by atoms with Crippen molar-refractivity contribution in [1.82, 2.24) is 25.9 Å². The van der Waals surface area contributed by atoms with Gasteiger partial charge in [0.1, 0.15) is 0 Å². The van der Waals surface area contributed by atoms with Crippen molar-refractivity contribution in [1.29, 1.82) is 0 Å². The number of nitrogens with zero attached hydrogens (tertiary/aromatic N) is 2. The lowest BCUT2D eigenvalue weighted by Gasteiger charge is -2.64. The molecule has 3 aromatic carbocycles. The summed E-state index contributed by atoms with van der Waals surface area (Å²) in [4.78, 5) is 36.5. The number of nitrogens with one attached hydrogen (secondary N) is 3. The molecule has 2 bridgehead atoms. The van der Waals surface area contributed by atoms with E-state index < -0.39 is 0 Å². The Kier molecular flexibility index (Phi) is 21.5. The van der Waals surface area contributed by atoms with E-state index in [2.05, 4.69) is 57.5 Å². The lowest BCUT2D eigenvalue weighted by atomic mass is 9.43. The molecule has 3 saturated heterocycles. The summed E-state index contributed by atoms with van der Waals surface area (Å²) in [5, 5.41) is 12.4. The van der Waals surface area contributed by atoms with Crippen LogP contribution in [0.25, 0.3) is 16.5 Å². The first kappa shape index (κ1) is 53.5. The van der Waals surface area contributed by atoms with Crippen LogP contribution in [0.15, 0.2) is 79.0 Å². The lowest BCUT2D eigenvalue weighted by Crippen LogP contribution is -2.65. The highest BCUT2D eigenvalue weighted by molar-refractivity contribution is 6.45. The Balaban J connectivity index is 0.000000168. The van der Waals surface area contributed by atoms with Gasteiger partial charge in [0.2, 0.25) is 12.3 Å². The van der Waals surface area contributed by atoms with Gasteiger partial charge >= 0.3 is 7.12 Å². The maximum absolute atomic E-state index is 12.2. The molecule has 67 heavy (non-hydrogen) atoms. The molecule has 7 N–H and O–H groups in total. The highest BCUT2D eigenvalue weighted by atomic mass is 16.7. The fourth-order valence-corrected chi connectivity index (χ4v) is 10.6. The van der Waals surface area contributed by atoms with Crippen molar-refractivity contribution in [3.8, 4) is 0 Å². The minimum Gasteiger partial charge on any atom is -0.404 e. The molecule has 0 radical (unpaired) electrons. The molecule has 3 unspecified atom stereocenters. The Labute approximate surface area is 403 Å². The van der Waals surface area contributed by atoms with Gasteiger partial charge < -0.3 is 40.9 Å². The van der Waals surface area contributed by atoms with Crippen LogP contribution in [0.1, 0.15) is 147 Å². The Morgan fingerprint density at radius 2 is 1.57 bits per heavy atom. The molecule has 4 aliphatic carbocycles. The minimum absolute atomic E-state index is 0.000797. The Morgan fingerprint density at radius 3 is 2.15 bits per heavy atom. The van der Waals surface area contributed by atoms with Crippen LogP contribution in [0.5, 0.6) is 0 Å². The molecule has 368 valence electrons. The van der Waals surface area contributed by atoms with Gasteiger partial charge in [-0.25, -0.2) is 5.84 Å². The van der Waals surface area contributed by atoms with Crippen LogP contribution in [0.3, 0.4) is 0 Å². The summed E-state index contributed by atoms with van der Waals surface area (Å²) in [5.41, 5.74) is 8.42. The molecule has 10 rings (SSSR count). The molecule has 4 saturated carbocycles. The van der Waals surface area contributed by atoms with Gasteiger partial charge in [0.15, 0.2) is 0 Å². The topological polar surface area (TPSA) is 164 Å². The van der Waals surface area contributed by atoms with Gasteiger partial charge in [-0.1, -0.05) is 133 Å². The number of amides is 3. The summed E-state index contributed by atoms with van der Waals surface area (Å²) in [7, 11) is -0.273. The van der Waals surface area contributed by atoms with E-state index in [1.54, 1.807) is 17.3 Å². The van der Waals surface area contributed by atoms with Gasteiger partial charge in [0.05, 0.1) is 30.4 Å². The SMILES string of the molecule is C1CCNCC1.CC1(C)C2CC1[C@]1(C)OB(CNC=O)O[C@@H]1C2.CC1CCCCC1.CC1CCCN1C(=O)CNC(=O)c1ccc2ccccc2c1.CCCCN(N)/C=C(\N)c1ccccc1. The van der Waals surface area contributed by atoms with Crippen LogP contribution in [0.4, 0.5) is 0 Å². The van der Waals surface area contributed by atoms with Crippen LogP contribution in [0, 0.1) is 23.2 Å². The molecule has 12 nitrogen and oxygen atoms in total. The molecule has 0 spiro atoms. The zero-order valence-electron chi connectivity index (χ0n) is 41.8. The highest BCUT2D eigenvalue weighted by Crippen LogP contribution is 2.65. The number of carbonyl (C=O) groups is 3. The standard InChI is InChI=1S/C18H20N2O2.C12H20BNO3.C12H19N3.C7H14.C5H11N/c1-13-5-4-10-20(13)17(21)12-19-18(22)16-9-8-14-6-2-3-7-15(14)11-16;1-11(2)8-4-9(11)12(3)10(5-8)16-13(17-12)6-14-7-15;1-2-3-9-15(14)10-12(13)11-7-5-4-6-8-11;1-7-5-3-2-4-6-7;1-2-4-6-5-3-1/h2-3,6-9,11,13H,4-5,10,12H2,1H3,(H,19,22);7-10H,4-6H2,1-3H3,(H,14,15);4-8,10H,2-3,9,13-14H2,1H3;7H,2-6H2,1H3;6H,1-5H2/b;;12-10-;;/t;8?,9?,10-,12+;;;/m.1.../s1. The third-order valence-electron chi connectivity index (χ3n) is 14.9. The zero-order valence-corrected chi connectivity index (χ0v) is 41.8. The molecule has 3 aromatic rings. The highest BCUT2D eigenvalue weighted by Gasteiger charge is 2.67. The molecule has 7 aliphatic rings. The Morgan fingerprint density at radius 1 is 0.881 bits per heavy atom. The van der Waals surface area contributed by atoms with E-state index in [9.17, 15) is 14.4 Å². The van der Waals surface area contributed by atoms with Crippen molar-refractivity contribution in [3.63, 3.8) is 0 Å². The number of hydrazine groups is 1. The smallest absolute Gasteiger partial charge is 0.404 e. The van der Waals surface area contributed by atoms with Crippen molar-refractivity contribution in [2.75, 3.05) is 39.2 Å². The molecule has 7 fully saturated rings. The lowest BCUT2D eigenvalue weighted by molar-refractivity contribution is -0.199. The zero-order chi connectivity index (χ0) is 48.2. The predicted molar refractivity (Wildman–Crippen MR) is 274 cm³/mol. The minimum atomic E-state index is -0.273. The third-order valence-corrected chi connectivity index (χ3v) is 14.9. The summed E-state index contributed by atoms with van der Waals surface area (Å²) in [6, 6.07) is 23.6. The Hall–Kier alpha value is -4.43. The van der Waals surface area contributed by atoms with E-state index in [1.807, 2.05) is 71.6 Å². The number of unbranched alkanes of at least 4 members (excludes halogenated alkanes) is 1. The largest absolute Gasteiger partial charge is 0.478 e. The number of benzene rings is 3. The van der Waals surface area contributed by atoms with Crippen molar-refractivity contribution in [2.45, 2.75) is 149 Å². The van der Waals surface area contributed by atoms with E-state index in [0.29, 0.717) is 35.4 Å². The summed E-state index contributed by atoms with van der Waals surface area (Å²) in [5.74, 6) is 7.96. The molecule has 3 aliphatic heterocycles. The summed E-state index contributed by atoms with van der Waals surface area (Å²) >= 11 is 0. The molecule has 13 heteroatoms. The van der Waals surface area contributed by atoms with Gasteiger partial charge in [-0.05, 0) is 124 Å². The van der Waals surface area contributed by atoms with E-state index in [1.165, 1.54) is 70.9 Å².